The molecule has 0 bridgehead atoms. The summed E-state index contributed by atoms with van der Waals surface area (Å²) in [5.74, 6) is -1.02. The van der Waals surface area contributed by atoms with Crippen LogP contribution in [0.3, 0.4) is 0 Å². The van der Waals surface area contributed by atoms with Gasteiger partial charge in [-0.2, -0.15) is 4.31 Å². The fraction of sp³-hybridized carbons (Fsp3) is 0.778. The standard InChI is InChI=1S/C35H62N7O17P3S.CH4.Li/c1-4-5-6-7-8-9-10-11-12-13-14-15-26(44)63-19-18-37-25(43)16-17-38-33(47)30(46)35(2,3)21-56-62(53,54)59-61(51,52)55-20-24-29(58-60(48,49)50)28(45)34(57-24)42-23-41-27-31(36)39-22-40-32(27)42;;/h22-24,28-30,34,45-46H,4-21H2,1-3H3,(H,37,43)(H,38,47)(H,51,52)(H,53,54)(H2,36,39,40)(H2,48,49,50);1H4;/t24-,28-,29-,30+,34-;;/m1../s1. The van der Waals surface area contributed by atoms with Gasteiger partial charge in [-0.25, -0.2) is 28.6 Å². The Labute approximate surface area is 395 Å². The average molecular weight is 1000 g/mol. The van der Waals surface area contributed by atoms with Crippen LogP contribution in [-0.4, -0.2) is 142 Å². The summed E-state index contributed by atoms with van der Waals surface area (Å²) in [6.45, 7) is 2.79. The van der Waals surface area contributed by atoms with Crippen molar-refractivity contribution in [1.82, 2.24) is 30.2 Å². The van der Waals surface area contributed by atoms with Crippen molar-refractivity contribution in [1.29, 1.82) is 0 Å². The number of phosphoric ester groups is 3. The number of aliphatic hydroxyl groups is 2. The number of thioether (sulfide) groups is 1. The quantitative estimate of drug-likeness (QED) is 0.0296. The van der Waals surface area contributed by atoms with Crippen LogP contribution in [0.4, 0.5) is 5.82 Å². The molecule has 1 aliphatic heterocycles. The number of nitrogens with one attached hydrogen (secondary N) is 2. The first-order valence-corrected chi connectivity index (χ1v) is 26.1. The van der Waals surface area contributed by atoms with Crippen molar-refractivity contribution in [3.8, 4) is 0 Å². The summed E-state index contributed by atoms with van der Waals surface area (Å²) in [7, 11) is -16.4. The second kappa shape index (κ2) is 29.2. The van der Waals surface area contributed by atoms with Gasteiger partial charge in [-0.15, -0.1) is 0 Å². The molecule has 0 aliphatic carbocycles. The number of nitrogens with two attached hydrogens (primary N) is 1. The summed E-state index contributed by atoms with van der Waals surface area (Å²) >= 11 is 1.15. The van der Waals surface area contributed by atoms with E-state index in [1.54, 1.807) is 0 Å². The van der Waals surface area contributed by atoms with Crippen LogP contribution in [0.5, 0.6) is 0 Å². The zero-order valence-electron chi connectivity index (χ0n) is 36.6. The third-order valence-electron chi connectivity index (χ3n) is 9.75. The van der Waals surface area contributed by atoms with Crippen molar-refractivity contribution < 1.29 is 80.5 Å². The molecule has 369 valence electrons. The number of ether oxygens (including phenoxy) is 1. The molecule has 1 radical (unpaired) electrons. The first kappa shape index (κ1) is 61.2. The van der Waals surface area contributed by atoms with Crippen molar-refractivity contribution in [2.45, 2.75) is 142 Å². The van der Waals surface area contributed by atoms with Crippen LogP contribution < -0.4 is 16.4 Å². The Kier molecular flexibility index (Phi) is 27.5. The number of anilines is 1. The number of nitrogens with zero attached hydrogens (tertiary/aromatic N) is 4. The Bertz CT molecular complexity index is 1930. The summed E-state index contributed by atoms with van der Waals surface area (Å²) in [6, 6.07) is 0. The Hall–Kier alpha value is -1.84. The minimum atomic E-state index is -5.57. The molecule has 3 rings (SSSR count). The molecule has 0 spiro atoms. The van der Waals surface area contributed by atoms with Gasteiger partial charge in [-0.05, 0) is 6.42 Å². The van der Waals surface area contributed by atoms with E-state index in [0.29, 0.717) is 12.2 Å². The van der Waals surface area contributed by atoms with Crippen molar-refractivity contribution in [2.75, 3.05) is 37.8 Å². The van der Waals surface area contributed by atoms with Crippen molar-refractivity contribution in [2.24, 2.45) is 5.41 Å². The minimum absolute atomic E-state index is 0. The van der Waals surface area contributed by atoms with E-state index >= 15 is 0 Å². The maximum absolute atomic E-state index is 12.7. The smallest absolute Gasteiger partial charge is 0.386 e. The largest absolute Gasteiger partial charge is 0.481 e. The molecule has 65 heavy (non-hydrogen) atoms. The van der Waals surface area contributed by atoms with E-state index in [0.717, 1.165) is 48.2 Å². The number of rotatable bonds is 31. The molecule has 10 N–H and O–H groups in total. The monoisotopic (exact) mass is 1000 g/mol. The minimum Gasteiger partial charge on any atom is -0.386 e. The van der Waals surface area contributed by atoms with Crippen LogP contribution in [0, 0.1) is 5.41 Å². The topological polar surface area (TPSA) is 364 Å². The van der Waals surface area contributed by atoms with Crippen molar-refractivity contribution in [3.05, 3.63) is 12.7 Å². The number of fused-ring (bicyclic) bond motifs is 1. The van der Waals surface area contributed by atoms with Gasteiger partial charge in [-0.1, -0.05) is 104 Å². The summed E-state index contributed by atoms with van der Waals surface area (Å²) in [6.07, 6.45) is 6.75. The van der Waals surface area contributed by atoms with E-state index in [-0.39, 0.29) is 67.9 Å². The van der Waals surface area contributed by atoms with Crippen LogP contribution in [0.2, 0.25) is 0 Å². The van der Waals surface area contributed by atoms with E-state index in [1.165, 1.54) is 65.2 Å². The molecule has 1 saturated heterocycles. The molecule has 1 fully saturated rings. The molecule has 2 aromatic heterocycles. The summed E-state index contributed by atoms with van der Waals surface area (Å²) in [4.78, 5) is 88.2. The van der Waals surface area contributed by atoms with E-state index in [9.17, 15) is 57.9 Å². The zero-order chi connectivity index (χ0) is 46.8. The van der Waals surface area contributed by atoms with Crippen molar-refractivity contribution in [3.63, 3.8) is 0 Å². The number of carbonyl (C=O) groups is 3. The Morgan fingerprint density at radius 2 is 1.51 bits per heavy atom. The fourth-order valence-corrected chi connectivity index (χ4v) is 9.85. The van der Waals surface area contributed by atoms with Crippen LogP contribution in [0.1, 0.15) is 118 Å². The predicted molar refractivity (Wildman–Crippen MR) is 241 cm³/mol. The van der Waals surface area contributed by atoms with E-state index in [2.05, 4.69) is 41.3 Å². The maximum atomic E-state index is 12.7. The molecule has 7 atom stereocenters. The number of phosphoric acid groups is 3. The van der Waals surface area contributed by atoms with Gasteiger partial charge in [0, 0.05) is 56.0 Å². The van der Waals surface area contributed by atoms with E-state index in [1.807, 2.05) is 0 Å². The Balaban J connectivity index is 0.0000106. The molecular weight excluding hydrogens is 934 g/mol. The molecule has 2 unspecified atom stereocenters. The van der Waals surface area contributed by atoms with Gasteiger partial charge in [0.25, 0.3) is 0 Å². The molecule has 2 aromatic rings. The number of carbonyl (C=O) groups excluding carboxylic acids is 3. The average Bonchev–Trinajstić information content (AvgIpc) is 3.76. The van der Waals surface area contributed by atoms with Crippen LogP contribution >= 0.6 is 35.2 Å². The second-order valence-electron chi connectivity index (χ2n) is 15.6. The third-order valence-corrected chi connectivity index (χ3v) is 13.8. The van der Waals surface area contributed by atoms with Crippen LogP contribution in [0.25, 0.3) is 11.2 Å². The van der Waals surface area contributed by atoms with Gasteiger partial charge in [0.05, 0.1) is 19.5 Å². The molecule has 0 saturated carbocycles. The molecule has 24 nitrogen and oxygen atoms in total. The number of hydrogen-bond donors (Lipinski definition) is 9. The SMILES string of the molecule is C.CCCCCCCCCCCCCC(=O)SCCNC(=O)CCNC(=O)[C@H](O)C(C)(C)COP(=O)(O)OP(=O)(O)OC[C@H]1O[C@@H](n2cnc3c(N)ncnc32)[C@H](O)[C@@H]1OP(=O)(O)O.[Li]. The normalized spacial score (nSPS) is 20.0. The number of imidazole rings is 1. The van der Waals surface area contributed by atoms with Crippen LogP contribution in [0.15, 0.2) is 12.7 Å². The number of nitrogen functional groups attached to an aromatic ring is 1. The number of unbranched alkanes of at least 4 members (excludes halogenated alkanes) is 10. The first-order valence-electron chi connectivity index (χ1n) is 20.6. The summed E-state index contributed by atoms with van der Waals surface area (Å²) in [5.41, 5.74) is 4.29. The summed E-state index contributed by atoms with van der Waals surface area (Å²) < 4.78 is 62.3. The fourth-order valence-electron chi connectivity index (χ4n) is 6.30. The van der Waals surface area contributed by atoms with Crippen LogP contribution in [-0.2, 0) is 50.7 Å². The number of aromatic nitrogens is 4. The number of amides is 2. The predicted octanol–water partition coefficient (Wildman–Crippen LogP) is 3.62. The van der Waals surface area contributed by atoms with Crippen molar-refractivity contribution >= 4 is 88.0 Å². The number of aliphatic hydroxyl groups excluding tert-OH is 2. The molecule has 2 amide bonds. The summed E-state index contributed by atoms with van der Waals surface area (Å²) in [5, 5.41) is 26.6. The number of hydrogen-bond acceptors (Lipinski definition) is 18. The van der Waals surface area contributed by atoms with E-state index in [4.69, 9.17) is 19.5 Å². The van der Waals surface area contributed by atoms with Gasteiger partial charge in [0.2, 0.25) is 11.8 Å². The van der Waals surface area contributed by atoms with E-state index < -0.39 is 84.6 Å². The Morgan fingerprint density at radius 3 is 2.12 bits per heavy atom. The van der Waals surface area contributed by atoms with Gasteiger partial charge < -0.3 is 50.9 Å². The molecule has 3 heterocycles. The van der Waals surface area contributed by atoms with Gasteiger partial charge in [-0.3, -0.25) is 32.5 Å². The molecule has 1 aliphatic rings. The zero-order valence-corrected chi connectivity index (χ0v) is 40.1. The Morgan fingerprint density at radius 1 is 0.908 bits per heavy atom. The first-order chi connectivity index (χ1) is 29.6. The van der Waals surface area contributed by atoms with Gasteiger partial charge in [0.1, 0.15) is 36.3 Å². The molecule has 29 heteroatoms. The van der Waals surface area contributed by atoms with Gasteiger partial charge in [0.15, 0.2) is 22.8 Å². The second-order valence-corrected chi connectivity index (χ2v) is 21.0. The van der Waals surface area contributed by atoms with Gasteiger partial charge >= 0.3 is 23.5 Å². The molecular formula is C36H66LiN7O17P3S. The maximum Gasteiger partial charge on any atom is 0.481 e. The molecule has 0 aromatic carbocycles. The third kappa shape index (κ3) is 22.0.